The zero-order valence-corrected chi connectivity index (χ0v) is 24.0. The molecule has 3 heterocycles. The van der Waals surface area contributed by atoms with Gasteiger partial charge in [0.2, 0.25) is 0 Å². The molecule has 1 aliphatic carbocycles. The lowest BCUT2D eigenvalue weighted by atomic mass is 9.96. The summed E-state index contributed by atoms with van der Waals surface area (Å²) in [5, 5.41) is 9.82. The monoisotopic (exact) mass is 565 g/mol. The molecular weight excluding hydrogens is 532 g/mol. The van der Waals surface area contributed by atoms with E-state index >= 15 is 0 Å². The van der Waals surface area contributed by atoms with Gasteiger partial charge in [0.15, 0.2) is 0 Å². The summed E-state index contributed by atoms with van der Waals surface area (Å²) in [6, 6.07) is 7.27. The molecule has 3 aromatic rings. The van der Waals surface area contributed by atoms with Crippen LogP contribution >= 0.6 is 11.6 Å². The van der Waals surface area contributed by atoms with E-state index in [1.165, 1.54) is 5.01 Å². The van der Waals surface area contributed by atoms with Crippen molar-refractivity contribution in [3.8, 4) is 12.3 Å². The highest BCUT2D eigenvalue weighted by atomic mass is 35.5. The van der Waals surface area contributed by atoms with Gasteiger partial charge in [0.1, 0.15) is 5.54 Å². The Morgan fingerprint density at radius 2 is 1.98 bits per heavy atom. The van der Waals surface area contributed by atoms with Crippen LogP contribution in [0.2, 0.25) is 5.02 Å². The van der Waals surface area contributed by atoms with Crippen molar-refractivity contribution in [2.24, 2.45) is 5.41 Å². The summed E-state index contributed by atoms with van der Waals surface area (Å²) in [5.74, 6) is 2.73. The minimum Gasteiger partial charge on any atom is -0.383 e. The van der Waals surface area contributed by atoms with E-state index in [0.29, 0.717) is 46.9 Å². The number of alkyl halides is 2. The first-order valence-corrected chi connectivity index (χ1v) is 13.6. The van der Waals surface area contributed by atoms with Crippen LogP contribution in [0.1, 0.15) is 62.2 Å². The Balaban J connectivity index is 1.58. The molecule has 1 aromatic carbocycles. The fourth-order valence-electron chi connectivity index (χ4n) is 4.90. The van der Waals surface area contributed by atoms with E-state index in [1.807, 2.05) is 38.1 Å². The number of rotatable bonds is 8. The average Bonchev–Trinajstić information content (AvgIpc) is 3.56. The molecule has 1 fully saturated rings. The lowest BCUT2D eigenvalue weighted by Crippen LogP contribution is -2.48. The molecule has 0 unspecified atom stereocenters. The highest BCUT2D eigenvalue weighted by molar-refractivity contribution is 6.35. The molecule has 40 heavy (non-hydrogen) atoms. The predicted octanol–water partition coefficient (Wildman–Crippen LogP) is 6.46. The van der Waals surface area contributed by atoms with Gasteiger partial charge in [0.25, 0.3) is 6.43 Å². The molecule has 0 spiro atoms. The molecule has 4 N–H and O–H groups in total. The molecule has 1 atom stereocenters. The number of nitrogens with one attached hydrogen (secondary N) is 4. The lowest BCUT2D eigenvalue weighted by Gasteiger charge is -2.25. The maximum absolute atomic E-state index is 13.9. The SMILES string of the molecule is C#Cc1cnc2c(Cl)cc(N[C@H](C3=CN(C4(C(F)F)CC4)NN3)c3ccc(C)nc3C)cc2c1NCC(C)(C)C. The van der Waals surface area contributed by atoms with E-state index in [1.54, 1.807) is 12.4 Å². The van der Waals surface area contributed by atoms with Crippen LogP contribution in [0.25, 0.3) is 10.9 Å². The third kappa shape index (κ3) is 5.38. The predicted molar refractivity (Wildman–Crippen MR) is 157 cm³/mol. The molecule has 0 saturated heterocycles. The minimum absolute atomic E-state index is 0.0127. The molecule has 0 amide bonds. The second-order valence-electron chi connectivity index (χ2n) is 11.8. The van der Waals surface area contributed by atoms with E-state index in [4.69, 9.17) is 18.0 Å². The van der Waals surface area contributed by atoms with Crippen LogP contribution < -0.4 is 21.6 Å². The number of pyridine rings is 2. The second kappa shape index (κ2) is 10.4. The van der Waals surface area contributed by atoms with Gasteiger partial charge in [-0.2, -0.15) is 0 Å². The summed E-state index contributed by atoms with van der Waals surface area (Å²) in [7, 11) is 0. The maximum atomic E-state index is 13.9. The van der Waals surface area contributed by atoms with E-state index in [2.05, 4.69) is 58.3 Å². The molecular formula is C30H34ClF2N7. The molecule has 2 aliphatic rings. The van der Waals surface area contributed by atoms with Crippen LogP contribution in [0, 0.1) is 31.6 Å². The first-order valence-electron chi connectivity index (χ1n) is 13.3. The van der Waals surface area contributed by atoms with E-state index in [-0.39, 0.29) is 5.41 Å². The van der Waals surface area contributed by atoms with Crippen molar-refractivity contribution < 1.29 is 8.78 Å². The maximum Gasteiger partial charge on any atom is 0.262 e. The van der Waals surface area contributed by atoms with Crippen molar-refractivity contribution in [3.63, 3.8) is 0 Å². The van der Waals surface area contributed by atoms with Gasteiger partial charge in [0, 0.05) is 47.0 Å². The Labute approximate surface area is 238 Å². The smallest absolute Gasteiger partial charge is 0.262 e. The van der Waals surface area contributed by atoms with Gasteiger partial charge in [-0.1, -0.05) is 44.4 Å². The largest absolute Gasteiger partial charge is 0.383 e. The minimum atomic E-state index is -2.47. The zero-order valence-electron chi connectivity index (χ0n) is 23.3. The van der Waals surface area contributed by atoms with Crippen molar-refractivity contribution in [2.75, 3.05) is 17.2 Å². The molecule has 2 aromatic heterocycles. The van der Waals surface area contributed by atoms with E-state index in [0.717, 1.165) is 28.0 Å². The van der Waals surface area contributed by atoms with Gasteiger partial charge in [-0.3, -0.25) is 15.0 Å². The molecule has 210 valence electrons. The molecule has 7 nitrogen and oxygen atoms in total. The van der Waals surface area contributed by atoms with Crippen LogP contribution in [0.15, 0.2) is 42.4 Å². The van der Waals surface area contributed by atoms with Gasteiger partial charge in [-0.15, -0.1) is 12.0 Å². The fraction of sp³-hybridized carbons (Fsp3) is 0.400. The van der Waals surface area contributed by atoms with Crippen molar-refractivity contribution in [3.05, 3.63) is 69.9 Å². The van der Waals surface area contributed by atoms with E-state index in [9.17, 15) is 8.78 Å². The normalized spacial score (nSPS) is 16.9. The topological polar surface area (TPSA) is 77.1 Å². The van der Waals surface area contributed by atoms with Crippen molar-refractivity contribution in [1.82, 2.24) is 25.9 Å². The summed E-state index contributed by atoms with van der Waals surface area (Å²) in [6.45, 7) is 11.0. The van der Waals surface area contributed by atoms with Crippen LogP contribution in [0.4, 0.5) is 20.2 Å². The Kier molecular flexibility index (Phi) is 7.28. The van der Waals surface area contributed by atoms with Crippen LogP contribution in [0.3, 0.4) is 0 Å². The van der Waals surface area contributed by atoms with Crippen molar-refractivity contribution in [2.45, 2.75) is 65.5 Å². The first-order chi connectivity index (χ1) is 18.9. The Morgan fingerprint density at radius 3 is 2.60 bits per heavy atom. The number of aromatic nitrogens is 2. The summed E-state index contributed by atoms with van der Waals surface area (Å²) >= 11 is 6.76. The standard InChI is InChI=1S/C30H34ClF2N7/c1-7-19-14-34-26-22(25(19)35-16-29(4,5)6)12-20(13-23(26)31)37-27(21-9-8-17(2)36-18(21)3)24-15-40(39-38-24)30(10-11-30)28(32)33/h1,8-9,12-15,27-28,37-39H,10-11,16H2,2-6H3,(H,34,35)/t27-/m0/s1. The number of terminal acetylenes is 1. The van der Waals surface area contributed by atoms with Crippen LogP contribution in [-0.4, -0.2) is 33.5 Å². The Hall–Kier alpha value is -3.61. The number of hydrogen-bond donors (Lipinski definition) is 4. The number of hydrazine groups is 2. The highest BCUT2D eigenvalue weighted by Crippen LogP contribution is 2.47. The third-order valence-corrected chi connectivity index (χ3v) is 7.60. The average molecular weight is 566 g/mol. The van der Waals surface area contributed by atoms with Gasteiger partial charge < -0.3 is 16.1 Å². The summed E-state index contributed by atoms with van der Waals surface area (Å²) in [5.41, 5.74) is 10.9. The van der Waals surface area contributed by atoms with Crippen molar-refractivity contribution in [1.29, 1.82) is 0 Å². The first kappa shape index (κ1) is 27.9. The van der Waals surface area contributed by atoms with Crippen LogP contribution in [-0.2, 0) is 0 Å². The second-order valence-corrected chi connectivity index (χ2v) is 12.2. The van der Waals surface area contributed by atoms with Gasteiger partial charge in [-0.25, -0.2) is 8.78 Å². The number of nitrogens with zero attached hydrogens (tertiary/aromatic N) is 3. The summed E-state index contributed by atoms with van der Waals surface area (Å²) < 4.78 is 27.7. The Morgan fingerprint density at radius 1 is 1.23 bits per heavy atom. The third-order valence-electron chi connectivity index (χ3n) is 7.31. The van der Waals surface area contributed by atoms with Crippen LogP contribution in [0.5, 0.6) is 0 Å². The number of halogens is 3. The molecule has 0 radical (unpaired) electrons. The molecule has 5 rings (SSSR count). The molecule has 10 heteroatoms. The van der Waals surface area contributed by atoms with Gasteiger partial charge in [0.05, 0.1) is 33.5 Å². The molecule has 1 saturated carbocycles. The number of anilines is 2. The zero-order chi connectivity index (χ0) is 28.8. The molecule has 1 aliphatic heterocycles. The van der Waals surface area contributed by atoms with Gasteiger partial charge in [-0.05, 0) is 50.3 Å². The number of hydrogen-bond acceptors (Lipinski definition) is 7. The summed E-state index contributed by atoms with van der Waals surface area (Å²) in [4.78, 5) is 9.18. The number of aryl methyl sites for hydroxylation is 2. The van der Waals surface area contributed by atoms with Gasteiger partial charge >= 0.3 is 0 Å². The summed E-state index contributed by atoms with van der Waals surface area (Å²) in [6.07, 6.45) is 7.57. The van der Waals surface area contributed by atoms with E-state index < -0.39 is 18.0 Å². The number of fused-ring (bicyclic) bond motifs is 1. The Bertz CT molecular complexity index is 1520. The molecule has 0 bridgehead atoms. The highest BCUT2D eigenvalue weighted by Gasteiger charge is 2.56. The fourth-order valence-corrected chi connectivity index (χ4v) is 5.16. The quantitative estimate of drug-likeness (QED) is 0.234. The number of benzene rings is 1. The van der Waals surface area contributed by atoms with Crippen molar-refractivity contribution >= 4 is 33.9 Å². The lowest BCUT2D eigenvalue weighted by molar-refractivity contribution is 0.00911.